The van der Waals surface area contributed by atoms with Crippen LogP contribution >= 0.6 is 11.3 Å². The second-order valence-corrected chi connectivity index (χ2v) is 11.7. The largest absolute Gasteiger partial charge is 0.291 e. The minimum Gasteiger partial charge on any atom is -0.291 e. The standard InChI is InChI=1S/C24H21FN6O3S2/c1-29-12-20(11-27-29)36(33,34)30-7-6-17-8-22-16(10-28-31(22)19-4-2-18(25)3-5-19)9-24(17,14-30)23(32)21-13-35-15-26-21/h2-5,8,10-13,15H,6-7,9,14H2,1H3. The number of aryl methyl sites for hydroxylation is 1. The van der Waals surface area contributed by atoms with E-state index in [0.29, 0.717) is 17.8 Å². The van der Waals surface area contributed by atoms with Crippen molar-refractivity contribution in [2.45, 2.75) is 17.7 Å². The van der Waals surface area contributed by atoms with Gasteiger partial charge >= 0.3 is 0 Å². The zero-order valence-corrected chi connectivity index (χ0v) is 20.8. The normalized spacial score (nSPS) is 20.0. The van der Waals surface area contributed by atoms with Crippen molar-refractivity contribution >= 4 is 33.2 Å². The first-order valence-corrected chi connectivity index (χ1v) is 13.6. The van der Waals surface area contributed by atoms with E-state index in [-0.39, 0.29) is 36.0 Å². The maximum atomic E-state index is 14.0. The Morgan fingerprint density at radius 3 is 2.67 bits per heavy atom. The van der Waals surface area contributed by atoms with Gasteiger partial charge in [-0.05, 0) is 48.7 Å². The van der Waals surface area contributed by atoms with Crippen LogP contribution < -0.4 is 0 Å². The number of piperidine rings is 1. The van der Waals surface area contributed by atoms with Crippen molar-refractivity contribution in [2.75, 3.05) is 13.1 Å². The maximum absolute atomic E-state index is 14.0. The van der Waals surface area contributed by atoms with Gasteiger partial charge in [0.2, 0.25) is 10.0 Å². The van der Waals surface area contributed by atoms with Crippen molar-refractivity contribution in [1.29, 1.82) is 0 Å². The highest BCUT2D eigenvalue weighted by Gasteiger charge is 2.51. The number of aromatic nitrogens is 5. The number of hydrogen-bond acceptors (Lipinski definition) is 7. The second kappa shape index (κ2) is 8.29. The van der Waals surface area contributed by atoms with E-state index in [4.69, 9.17) is 0 Å². The minimum absolute atomic E-state index is 0.00636. The van der Waals surface area contributed by atoms with Crippen molar-refractivity contribution in [3.8, 4) is 5.69 Å². The molecule has 184 valence electrons. The molecule has 1 atom stereocenters. The summed E-state index contributed by atoms with van der Waals surface area (Å²) in [6.45, 7) is 0.225. The molecular formula is C24H21FN6O3S2. The lowest BCUT2D eigenvalue weighted by Gasteiger charge is -2.44. The molecule has 0 amide bonds. The zero-order chi connectivity index (χ0) is 25.1. The fourth-order valence-corrected chi connectivity index (χ4v) is 7.08. The number of fused-ring (bicyclic) bond motifs is 2. The number of nitrogens with zero attached hydrogens (tertiary/aromatic N) is 6. The van der Waals surface area contributed by atoms with Crippen LogP contribution in [0.2, 0.25) is 0 Å². The summed E-state index contributed by atoms with van der Waals surface area (Å²) in [4.78, 5) is 18.3. The van der Waals surface area contributed by atoms with Crippen molar-refractivity contribution in [3.63, 3.8) is 0 Å². The Balaban J connectivity index is 1.45. The van der Waals surface area contributed by atoms with E-state index in [1.54, 1.807) is 40.9 Å². The van der Waals surface area contributed by atoms with Gasteiger partial charge in [-0.15, -0.1) is 11.3 Å². The molecule has 4 aromatic rings. The molecule has 0 spiro atoms. The lowest BCUT2D eigenvalue weighted by molar-refractivity contribution is 0.0771. The van der Waals surface area contributed by atoms with Gasteiger partial charge in [-0.3, -0.25) is 9.48 Å². The molecule has 1 fully saturated rings. The number of carbonyl (C=O) groups is 1. The maximum Gasteiger partial charge on any atom is 0.246 e. The smallest absolute Gasteiger partial charge is 0.246 e. The molecule has 0 N–H and O–H groups in total. The molecule has 1 unspecified atom stereocenters. The lowest BCUT2D eigenvalue weighted by Crippen LogP contribution is -2.53. The van der Waals surface area contributed by atoms with E-state index in [9.17, 15) is 17.6 Å². The summed E-state index contributed by atoms with van der Waals surface area (Å²) in [5, 5.41) is 10.2. The molecule has 1 aliphatic heterocycles. The summed E-state index contributed by atoms with van der Waals surface area (Å²) in [5.41, 5.74) is 3.97. The summed E-state index contributed by atoms with van der Waals surface area (Å²) >= 11 is 1.32. The predicted molar refractivity (Wildman–Crippen MR) is 131 cm³/mol. The molecule has 1 aliphatic carbocycles. The Hall–Kier alpha value is -3.48. The van der Waals surface area contributed by atoms with Crippen LogP contribution in [0.5, 0.6) is 0 Å². The topological polar surface area (TPSA) is 103 Å². The molecule has 12 heteroatoms. The average molecular weight is 525 g/mol. The van der Waals surface area contributed by atoms with Crippen LogP contribution in [-0.4, -0.2) is 56.1 Å². The fraction of sp³-hybridized carbons (Fsp3) is 0.250. The quantitative estimate of drug-likeness (QED) is 0.372. The lowest BCUT2D eigenvalue weighted by atomic mass is 9.65. The number of benzene rings is 1. The molecule has 0 radical (unpaired) electrons. The molecular weight excluding hydrogens is 503 g/mol. The zero-order valence-electron chi connectivity index (χ0n) is 19.2. The van der Waals surface area contributed by atoms with Crippen LogP contribution in [0.15, 0.2) is 64.2 Å². The first-order valence-electron chi connectivity index (χ1n) is 11.2. The first kappa shape index (κ1) is 23.0. The molecule has 2 aliphatic rings. The molecule has 6 rings (SSSR count). The van der Waals surface area contributed by atoms with Gasteiger partial charge in [-0.2, -0.15) is 14.5 Å². The van der Waals surface area contributed by atoms with Gasteiger partial charge in [0.1, 0.15) is 16.4 Å². The van der Waals surface area contributed by atoms with Gasteiger partial charge in [0.15, 0.2) is 5.78 Å². The van der Waals surface area contributed by atoms with Crippen molar-refractivity contribution in [1.82, 2.24) is 28.9 Å². The number of sulfonamides is 1. The van der Waals surface area contributed by atoms with Gasteiger partial charge in [0.05, 0.1) is 34.7 Å². The number of rotatable bonds is 5. The molecule has 9 nitrogen and oxygen atoms in total. The van der Waals surface area contributed by atoms with E-state index < -0.39 is 15.4 Å². The number of thiazole rings is 1. The second-order valence-electron chi connectivity index (χ2n) is 9.01. The predicted octanol–water partition coefficient (Wildman–Crippen LogP) is 3.10. The fourth-order valence-electron chi connectivity index (χ4n) is 5.06. The number of Topliss-reactive ketones (excluding diaryl/α,β-unsaturated/α-hetero) is 1. The van der Waals surface area contributed by atoms with Crippen LogP contribution in [0.3, 0.4) is 0 Å². The number of hydrogen-bond donors (Lipinski definition) is 0. The van der Waals surface area contributed by atoms with Crippen molar-refractivity contribution < 1.29 is 17.6 Å². The van der Waals surface area contributed by atoms with E-state index >= 15 is 0 Å². The Morgan fingerprint density at radius 1 is 1.17 bits per heavy atom. The van der Waals surface area contributed by atoms with Crippen molar-refractivity contribution in [2.24, 2.45) is 12.5 Å². The van der Waals surface area contributed by atoms with Gasteiger partial charge < -0.3 is 0 Å². The van der Waals surface area contributed by atoms with Gasteiger partial charge in [-0.1, -0.05) is 5.57 Å². The van der Waals surface area contributed by atoms with Gasteiger partial charge in [0.25, 0.3) is 0 Å². The molecule has 0 saturated carbocycles. The third-order valence-corrected chi connectivity index (χ3v) is 9.26. The average Bonchev–Trinajstić information content (AvgIpc) is 3.63. The molecule has 1 aromatic carbocycles. The van der Waals surface area contributed by atoms with E-state index in [0.717, 1.165) is 16.8 Å². The highest BCUT2D eigenvalue weighted by Crippen LogP contribution is 2.47. The third kappa shape index (κ3) is 3.55. The Morgan fingerprint density at radius 2 is 1.97 bits per heavy atom. The summed E-state index contributed by atoms with van der Waals surface area (Å²) in [5.74, 6) is -0.547. The van der Waals surface area contributed by atoms with Gasteiger partial charge in [-0.25, -0.2) is 22.5 Å². The van der Waals surface area contributed by atoms with Crippen molar-refractivity contribution in [3.05, 3.63) is 82.1 Å². The van der Waals surface area contributed by atoms with Crippen LogP contribution in [0, 0.1) is 11.2 Å². The molecule has 0 bridgehead atoms. The summed E-state index contributed by atoms with van der Waals surface area (Å²) < 4.78 is 45.0. The Bertz CT molecular complexity index is 1610. The summed E-state index contributed by atoms with van der Waals surface area (Å²) in [6, 6.07) is 6.04. The minimum atomic E-state index is -3.86. The monoisotopic (exact) mass is 524 g/mol. The van der Waals surface area contributed by atoms with Crippen LogP contribution in [0.25, 0.3) is 11.8 Å². The molecule has 4 heterocycles. The SMILES string of the molecule is Cn1cc(S(=O)(=O)N2CCC3=Cc4c(cnn4-c4ccc(F)cc4)CC3(C(=O)c3cscn3)C2)cn1. The third-order valence-electron chi connectivity index (χ3n) is 6.87. The summed E-state index contributed by atoms with van der Waals surface area (Å²) in [6.07, 6.45) is 7.07. The Kier molecular flexibility index (Phi) is 5.28. The Labute approximate surface area is 210 Å². The van der Waals surface area contributed by atoms with Crippen LogP contribution in [0.4, 0.5) is 4.39 Å². The van der Waals surface area contributed by atoms with Gasteiger partial charge in [0, 0.05) is 31.7 Å². The van der Waals surface area contributed by atoms with Crippen LogP contribution in [0.1, 0.15) is 28.2 Å². The molecule has 1 saturated heterocycles. The van der Waals surface area contributed by atoms with E-state index in [1.807, 2.05) is 6.08 Å². The molecule has 36 heavy (non-hydrogen) atoms. The number of carbonyl (C=O) groups excluding carboxylic acids is 1. The number of ketones is 1. The summed E-state index contributed by atoms with van der Waals surface area (Å²) in [7, 11) is -2.20. The van der Waals surface area contributed by atoms with E-state index in [2.05, 4.69) is 15.2 Å². The highest BCUT2D eigenvalue weighted by atomic mass is 32.2. The first-order chi connectivity index (χ1) is 17.3. The van der Waals surface area contributed by atoms with E-state index in [1.165, 1.54) is 44.9 Å². The molecule has 3 aromatic heterocycles. The highest BCUT2D eigenvalue weighted by molar-refractivity contribution is 7.89. The van der Waals surface area contributed by atoms with Crippen LogP contribution in [-0.2, 0) is 23.5 Å². The number of halogens is 1.